The van der Waals surface area contributed by atoms with Crippen molar-refractivity contribution < 1.29 is 15.0 Å². The first kappa shape index (κ1) is 6.29. The molecule has 0 aromatic carbocycles. The largest absolute Gasteiger partial charge is 0.504 e. The van der Waals surface area contributed by atoms with Crippen LogP contribution >= 0.6 is 0 Å². The van der Waals surface area contributed by atoms with Crippen LogP contribution in [0.25, 0.3) is 0 Å². The SMILES string of the molecule is CC1=C(O)C(=O)C(O)C1. The molecular weight excluding hydrogens is 120 g/mol. The molecule has 1 unspecified atom stereocenters. The van der Waals surface area contributed by atoms with E-state index in [-0.39, 0.29) is 12.2 Å². The highest BCUT2D eigenvalue weighted by molar-refractivity contribution is 5.99. The average Bonchev–Trinajstić information content (AvgIpc) is 1.98. The molecule has 3 heteroatoms. The third-order valence-corrected chi connectivity index (χ3v) is 1.44. The van der Waals surface area contributed by atoms with Gasteiger partial charge in [-0.15, -0.1) is 0 Å². The monoisotopic (exact) mass is 128 g/mol. The van der Waals surface area contributed by atoms with Crippen LogP contribution in [-0.4, -0.2) is 22.1 Å². The third kappa shape index (κ3) is 0.833. The number of carbonyl (C=O) groups excluding carboxylic acids is 1. The van der Waals surface area contributed by atoms with E-state index in [4.69, 9.17) is 10.2 Å². The number of hydrogen-bond acceptors (Lipinski definition) is 3. The minimum Gasteiger partial charge on any atom is -0.504 e. The lowest BCUT2D eigenvalue weighted by Crippen LogP contribution is -2.14. The Morgan fingerprint density at radius 2 is 2.22 bits per heavy atom. The van der Waals surface area contributed by atoms with Crippen LogP contribution in [0.1, 0.15) is 13.3 Å². The molecular formula is C6H8O3. The molecule has 0 aromatic heterocycles. The van der Waals surface area contributed by atoms with Gasteiger partial charge in [-0.25, -0.2) is 0 Å². The molecule has 0 saturated heterocycles. The van der Waals surface area contributed by atoms with Crippen LogP contribution in [0.4, 0.5) is 0 Å². The molecule has 0 radical (unpaired) electrons. The number of rotatable bonds is 0. The Labute approximate surface area is 52.6 Å². The predicted octanol–water partition coefficient (Wildman–Crippen LogP) is 0.152. The summed E-state index contributed by atoms with van der Waals surface area (Å²) in [6, 6.07) is 0. The van der Waals surface area contributed by atoms with Gasteiger partial charge in [0.1, 0.15) is 6.10 Å². The molecule has 1 aliphatic rings. The van der Waals surface area contributed by atoms with E-state index in [0.29, 0.717) is 5.57 Å². The number of Topliss-reactive ketones (excluding diaryl/α,β-unsaturated/α-hetero) is 1. The Hall–Kier alpha value is -0.830. The molecule has 1 atom stereocenters. The summed E-state index contributed by atoms with van der Waals surface area (Å²) in [4.78, 5) is 10.6. The van der Waals surface area contributed by atoms with Crippen molar-refractivity contribution in [3.8, 4) is 0 Å². The Balaban J connectivity index is 2.87. The zero-order valence-corrected chi connectivity index (χ0v) is 5.09. The second-order valence-corrected chi connectivity index (χ2v) is 2.21. The molecule has 0 amide bonds. The Bertz CT molecular complexity index is 181. The number of aliphatic hydroxyl groups excluding tert-OH is 2. The van der Waals surface area contributed by atoms with Crippen molar-refractivity contribution in [2.24, 2.45) is 0 Å². The van der Waals surface area contributed by atoms with Gasteiger partial charge in [-0.2, -0.15) is 0 Å². The van der Waals surface area contributed by atoms with Gasteiger partial charge in [0.05, 0.1) is 0 Å². The van der Waals surface area contributed by atoms with Crippen molar-refractivity contribution in [2.75, 3.05) is 0 Å². The highest BCUT2D eigenvalue weighted by Crippen LogP contribution is 2.19. The fourth-order valence-corrected chi connectivity index (χ4v) is 0.848. The van der Waals surface area contributed by atoms with Crippen molar-refractivity contribution in [3.63, 3.8) is 0 Å². The molecule has 1 aliphatic carbocycles. The van der Waals surface area contributed by atoms with Crippen molar-refractivity contribution in [3.05, 3.63) is 11.3 Å². The van der Waals surface area contributed by atoms with Crippen LogP contribution in [0.2, 0.25) is 0 Å². The van der Waals surface area contributed by atoms with E-state index >= 15 is 0 Å². The number of ketones is 1. The summed E-state index contributed by atoms with van der Waals surface area (Å²) in [5, 5.41) is 17.6. The lowest BCUT2D eigenvalue weighted by Gasteiger charge is -1.93. The lowest BCUT2D eigenvalue weighted by molar-refractivity contribution is -0.124. The van der Waals surface area contributed by atoms with Crippen LogP contribution < -0.4 is 0 Å². The summed E-state index contributed by atoms with van der Waals surface area (Å²) in [6.45, 7) is 1.63. The highest BCUT2D eigenvalue weighted by Gasteiger charge is 2.28. The molecule has 3 nitrogen and oxygen atoms in total. The quantitative estimate of drug-likeness (QED) is 0.488. The number of hydrogen-bond donors (Lipinski definition) is 2. The molecule has 0 saturated carbocycles. The van der Waals surface area contributed by atoms with E-state index in [1.54, 1.807) is 6.92 Å². The topological polar surface area (TPSA) is 57.5 Å². The maximum Gasteiger partial charge on any atom is 0.225 e. The van der Waals surface area contributed by atoms with E-state index in [0.717, 1.165) is 0 Å². The summed E-state index contributed by atoms with van der Waals surface area (Å²) >= 11 is 0. The first-order valence-corrected chi connectivity index (χ1v) is 2.74. The first-order chi connectivity index (χ1) is 4.13. The molecule has 0 heterocycles. The highest BCUT2D eigenvalue weighted by atomic mass is 16.3. The second-order valence-electron chi connectivity index (χ2n) is 2.21. The van der Waals surface area contributed by atoms with Gasteiger partial charge in [0.2, 0.25) is 5.78 Å². The number of carbonyl (C=O) groups is 1. The van der Waals surface area contributed by atoms with Gasteiger partial charge in [0.25, 0.3) is 0 Å². The smallest absolute Gasteiger partial charge is 0.225 e. The van der Waals surface area contributed by atoms with Crippen molar-refractivity contribution >= 4 is 5.78 Å². The first-order valence-electron chi connectivity index (χ1n) is 2.74. The molecule has 0 aliphatic heterocycles. The van der Waals surface area contributed by atoms with E-state index in [1.165, 1.54) is 0 Å². The zero-order chi connectivity index (χ0) is 7.02. The van der Waals surface area contributed by atoms with Crippen molar-refractivity contribution in [1.29, 1.82) is 0 Å². The van der Waals surface area contributed by atoms with Crippen molar-refractivity contribution in [2.45, 2.75) is 19.4 Å². The third-order valence-electron chi connectivity index (χ3n) is 1.44. The molecule has 2 N–H and O–H groups in total. The molecule has 9 heavy (non-hydrogen) atoms. The van der Waals surface area contributed by atoms with Gasteiger partial charge in [-0.3, -0.25) is 4.79 Å². The zero-order valence-electron chi connectivity index (χ0n) is 5.09. The van der Waals surface area contributed by atoms with Gasteiger partial charge in [-0.1, -0.05) is 0 Å². The molecule has 0 spiro atoms. The summed E-state index contributed by atoms with van der Waals surface area (Å²) in [5.41, 5.74) is 0.576. The van der Waals surface area contributed by atoms with Gasteiger partial charge < -0.3 is 10.2 Å². The van der Waals surface area contributed by atoms with Gasteiger partial charge in [0.15, 0.2) is 5.76 Å². The van der Waals surface area contributed by atoms with E-state index < -0.39 is 11.9 Å². The Kier molecular flexibility index (Phi) is 1.29. The maximum absolute atomic E-state index is 10.6. The maximum atomic E-state index is 10.6. The minimum atomic E-state index is -0.995. The van der Waals surface area contributed by atoms with Crippen LogP contribution in [-0.2, 0) is 4.79 Å². The van der Waals surface area contributed by atoms with Gasteiger partial charge >= 0.3 is 0 Å². The van der Waals surface area contributed by atoms with Crippen LogP contribution in [0.15, 0.2) is 11.3 Å². The van der Waals surface area contributed by atoms with Crippen LogP contribution in [0, 0.1) is 0 Å². The molecule has 1 rings (SSSR count). The molecule has 0 fully saturated rings. The van der Waals surface area contributed by atoms with E-state index in [2.05, 4.69) is 0 Å². The second kappa shape index (κ2) is 1.84. The Morgan fingerprint density at radius 3 is 2.33 bits per heavy atom. The molecule has 0 bridgehead atoms. The Morgan fingerprint density at radius 1 is 1.67 bits per heavy atom. The average molecular weight is 128 g/mol. The van der Waals surface area contributed by atoms with E-state index in [9.17, 15) is 4.79 Å². The van der Waals surface area contributed by atoms with Gasteiger partial charge in [-0.05, 0) is 12.5 Å². The molecule has 0 aromatic rings. The van der Waals surface area contributed by atoms with Gasteiger partial charge in [0, 0.05) is 6.42 Å². The van der Waals surface area contributed by atoms with E-state index in [1.807, 2.05) is 0 Å². The number of aliphatic hydroxyl groups is 2. The summed E-state index contributed by atoms with van der Waals surface area (Å²) in [6.07, 6.45) is -0.713. The summed E-state index contributed by atoms with van der Waals surface area (Å²) in [5.74, 6) is -0.810. The van der Waals surface area contributed by atoms with Crippen LogP contribution in [0.5, 0.6) is 0 Å². The fourth-order valence-electron chi connectivity index (χ4n) is 0.848. The normalized spacial score (nSPS) is 27.8. The standard InChI is InChI=1S/C6H8O3/c1-3-2-4(7)6(9)5(3)8/h4,7-8H,2H2,1H3. The predicted molar refractivity (Wildman–Crippen MR) is 31.0 cm³/mol. The summed E-state index contributed by atoms with van der Waals surface area (Å²) < 4.78 is 0. The van der Waals surface area contributed by atoms with Crippen molar-refractivity contribution in [1.82, 2.24) is 0 Å². The lowest BCUT2D eigenvalue weighted by atomic mass is 10.2. The fraction of sp³-hybridized carbons (Fsp3) is 0.500. The molecule has 50 valence electrons. The summed E-state index contributed by atoms with van der Waals surface area (Å²) in [7, 11) is 0. The van der Waals surface area contributed by atoms with Crippen LogP contribution in [0.3, 0.4) is 0 Å². The minimum absolute atomic E-state index is 0.262.